The molecule has 2 rings (SSSR count). The number of rotatable bonds is 5. The molecule has 2 aromatic rings. The van der Waals surface area contributed by atoms with E-state index in [0.29, 0.717) is 0 Å². The van der Waals surface area contributed by atoms with E-state index in [0.717, 1.165) is 18.2 Å². The molecule has 0 radical (unpaired) electrons. The minimum absolute atomic E-state index is 0.0391. The predicted octanol–water partition coefficient (Wildman–Crippen LogP) is 3.39. The first-order valence-corrected chi connectivity index (χ1v) is 7.25. The van der Waals surface area contributed by atoms with Crippen LogP contribution in [0.1, 0.15) is 19.4 Å². The van der Waals surface area contributed by atoms with Gasteiger partial charge in [0.25, 0.3) is 0 Å². The molecule has 0 atom stereocenters. The summed E-state index contributed by atoms with van der Waals surface area (Å²) in [5, 5.41) is 4.02. The predicted molar refractivity (Wildman–Crippen MR) is 83.6 cm³/mol. The first-order valence-electron chi connectivity index (χ1n) is 7.25. The second-order valence-electron chi connectivity index (χ2n) is 5.30. The summed E-state index contributed by atoms with van der Waals surface area (Å²) >= 11 is 0. The fraction of sp³-hybridized carbons (Fsp3) is 0.312. The fourth-order valence-electron chi connectivity index (χ4n) is 1.90. The van der Waals surface area contributed by atoms with E-state index in [1.807, 2.05) is 0 Å². The van der Waals surface area contributed by atoms with Gasteiger partial charge < -0.3 is 9.47 Å². The highest BCUT2D eigenvalue weighted by atomic mass is 19.4. The van der Waals surface area contributed by atoms with Crippen LogP contribution in [-0.2, 0) is 15.7 Å². The van der Waals surface area contributed by atoms with Crippen LogP contribution >= 0.6 is 0 Å². The van der Waals surface area contributed by atoms with Crippen LogP contribution in [0.3, 0.4) is 0 Å². The minimum atomic E-state index is -4.52. The number of nitrogens with zero attached hydrogens (tertiary/aromatic N) is 3. The maximum atomic E-state index is 13.0. The monoisotopic (exact) mass is 355 g/mol. The van der Waals surface area contributed by atoms with Gasteiger partial charge in [-0.3, -0.25) is 0 Å². The van der Waals surface area contributed by atoms with Crippen LogP contribution in [0.5, 0.6) is 5.75 Å². The molecule has 0 spiro atoms. The Bertz CT molecular complexity index is 782. The second-order valence-corrected chi connectivity index (χ2v) is 5.30. The molecule has 6 nitrogen and oxygen atoms in total. The van der Waals surface area contributed by atoms with Crippen LogP contribution in [0.4, 0.5) is 13.2 Å². The van der Waals surface area contributed by atoms with E-state index in [2.05, 4.69) is 10.1 Å². The molecule has 0 aliphatic carbocycles. The summed E-state index contributed by atoms with van der Waals surface area (Å²) in [5.74, 6) is -0.462. The van der Waals surface area contributed by atoms with Gasteiger partial charge in [0.2, 0.25) is 0 Å². The van der Waals surface area contributed by atoms with E-state index < -0.39 is 17.7 Å². The number of hydrogen-bond donors (Lipinski definition) is 0. The Balaban J connectivity index is 2.27. The number of benzene rings is 1. The van der Waals surface area contributed by atoms with Crippen molar-refractivity contribution < 1.29 is 27.4 Å². The summed E-state index contributed by atoms with van der Waals surface area (Å²) < 4.78 is 49.9. The molecule has 0 amide bonds. The third-order valence-corrected chi connectivity index (χ3v) is 2.95. The van der Waals surface area contributed by atoms with Gasteiger partial charge in [0.05, 0.1) is 18.8 Å². The van der Waals surface area contributed by atoms with Crippen LogP contribution in [-0.4, -0.2) is 33.9 Å². The van der Waals surface area contributed by atoms with E-state index in [4.69, 9.17) is 9.47 Å². The first-order chi connectivity index (χ1) is 11.7. The molecule has 0 saturated carbocycles. The Morgan fingerprint density at radius 2 is 2.00 bits per heavy atom. The second kappa shape index (κ2) is 7.37. The third kappa shape index (κ3) is 5.07. The first kappa shape index (κ1) is 18.5. The maximum absolute atomic E-state index is 13.0. The summed E-state index contributed by atoms with van der Waals surface area (Å²) in [6.07, 6.45) is -1.08. The van der Waals surface area contributed by atoms with Crippen LogP contribution in [0.2, 0.25) is 0 Å². The molecule has 1 aromatic carbocycles. The Morgan fingerprint density at radius 3 is 2.60 bits per heavy atom. The number of carbonyl (C=O) groups excluding carboxylic acids is 1. The lowest BCUT2D eigenvalue weighted by molar-refractivity contribution is -0.141. The molecule has 0 fully saturated rings. The standard InChI is InChI=1S/C16H16F3N3O3/c1-10(2)25-14(23)4-5-22-9-20-15(21-22)11-6-12(16(17,18)19)8-13(7-11)24-3/h4-10H,1-3H3/b5-4+. The zero-order chi connectivity index (χ0) is 18.6. The van der Waals surface area contributed by atoms with Crippen LogP contribution in [0.25, 0.3) is 17.6 Å². The SMILES string of the molecule is COc1cc(-c2ncn(/C=C/C(=O)OC(C)C)n2)cc(C(F)(F)F)c1. The molecular formula is C16H16F3N3O3. The summed E-state index contributed by atoms with van der Waals surface area (Å²) in [7, 11) is 1.27. The fourth-order valence-corrected chi connectivity index (χ4v) is 1.90. The molecule has 0 saturated heterocycles. The highest BCUT2D eigenvalue weighted by Gasteiger charge is 2.31. The van der Waals surface area contributed by atoms with Gasteiger partial charge in [0.15, 0.2) is 5.82 Å². The van der Waals surface area contributed by atoms with E-state index in [1.54, 1.807) is 13.8 Å². The van der Waals surface area contributed by atoms with Gasteiger partial charge in [-0.2, -0.15) is 13.2 Å². The van der Waals surface area contributed by atoms with Crippen LogP contribution in [0.15, 0.2) is 30.6 Å². The molecule has 134 valence electrons. The van der Waals surface area contributed by atoms with Gasteiger partial charge >= 0.3 is 12.1 Å². The van der Waals surface area contributed by atoms with Crippen molar-refractivity contribution in [2.75, 3.05) is 7.11 Å². The Hall–Kier alpha value is -2.84. The molecule has 1 heterocycles. The molecule has 1 aromatic heterocycles. The summed E-state index contributed by atoms with van der Waals surface area (Å²) in [6.45, 7) is 3.42. The number of alkyl halides is 3. The number of esters is 1. The topological polar surface area (TPSA) is 66.2 Å². The average molecular weight is 355 g/mol. The van der Waals surface area contributed by atoms with Gasteiger partial charge in [-0.05, 0) is 32.0 Å². The van der Waals surface area contributed by atoms with Crippen molar-refractivity contribution in [1.29, 1.82) is 0 Å². The van der Waals surface area contributed by atoms with Crippen LogP contribution in [0, 0.1) is 0 Å². The van der Waals surface area contributed by atoms with E-state index in [-0.39, 0.29) is 23.2 Å². The molecule has 0 unspecified atom stereocenters. The number of halogens is 3. The smallest absolute Gasteiger partial charge is 0.416 e. The van der Waals surface area contributed by atoms with Gasteiger partial charge in [0, 0.05) is 17.8 Å². The minimum Gasteiger partial charge on any atom is -0.497 e. The van der Waals surface area contributed by atoms with Crippen LogP contribution < -0.4 is 4.74 Å². The van der Waals surface area contributed by atoms with Crippen molar-refractivity contribution in [2.24, 2.45) is 0 Å². The molecule has 0 bridgehead atoms. The number of carbonyl (C=O) groups is 1. The van der Waals surface area contributed by atoms with Gasteiger partial charge in [-0.25, -0.2) is 14.5 Å². The van der Waals surface area contributed by atoms with Crippen molar-refractivity contribution in [1.82, 2.24) is 14.8 Å². The zero-order valence-corrected chi connectivity index (χ0v) is 13.7. The number of hydrogen-bond acceptors (Lipinski definition) is 5. The maximum Gasteiger partial charge on any atom is 0.416 e. The van der Waals surface area contributed by atoms with Crippen molar-refractivity contribution in [3.05, 3.63) is 36.2 Å². The lowest BCUT2D eigenvalue weighted by atomic mass is 10.1. The van der Waals surface area contributed by atoms with E-state index in [9.17, 15) is 18.0 Å². The van der Waals surface area contributed by atoms with Crippen molar-refractivity contribution in [2.45, 2.75) is 26.1 Å². The summed E-state index contributed by atoms with van der Waals surface area (Å²) in [5.41, 5.74) is -0.724. The van der Waals surface area contributed by atoms with E-state index >= 15 is 0 Å². The van der Waals surface area contributed by atoms with Crippen molar-refractivity contribution in [3.8, 4) is 17.1 Å². The molecule has 9 heteroatoms. The third-order valence-electron chi connectivity index (χ3n) is 2.95. The highest BCUT2D eigenvalue weighted by molar-refractivity contribution is 5.85. The highest BCUT2D eigenvalue weighted by Crippen LogP contribution is 2.34. The quantitative estimate of drug-likeness (QED) is 0.608. The van der Waals surface area contributed by atoms with Gasteiger partial charge in [0.1, 0.15) is 12.1 Å². The van der Waals surface area contributed by atoms with Gasteiger partial charge in [-0.15, -0.1) is 5.10 Å². The molecule has 0 N–H and O–H groups in total. The Morgan fingerprint density at radius 1 is 1.28 bits per heavy atom. The largest absolute Gasteiger partial charge is 0.497 e. The summed E-state index contributed by atoms with van der Waals surface area (Å²) in [4.78, 5) is 15.4. The number of aromatic nitrogens is 3. The molecule has 25 heavy (non-hydrogen) atoms. The summed E-state index contributed by atoms with van der Waals surface area (Å²) in [6, 6.07) is 3.22. The lowest BCUT2D eigenvalue weighted by Gasteiger charge is -2.10. The number of methoxy groups -OCH3 is 1. The number of ether oxygens (including phenoxy) is 2. The zero-order valence-electron chi connectivity index (χ0n) is 13.7. The average Bonchev–Trinajstić information content (AvgIpc) is 3.00. The molecule has 0 aliphatic heterocycles. The molecule has 0 aliphatic rings. The van der Waals surface area contributed by atoms with Crippen molar-refractivity contribution in [3.63, 3.8) is 0 Å². The van der Waals surface area contributed by atoms with E-state index in [1.165, 1.54) is 30.4 Å². The lowest BCUT2D eigenvalue weighted by Crippen LogP contribution is -2.08. The molecular weight excluding hydrogens is 339 g/mol. The normalized spacial score (nSPS) is 12.0. The van der Waals surface area contributed by atoms with Gasteiger partial charge in [-0.1, -0.05) is 0 Å². The Labute approximate surface area is 141 Å². The van der Waals surface area contributed by atoms with Crippen molar-refractivity contribution >= 4 is 12.2 Å². The Kier molecular flexibility index (Phi) is 5.45.